The van der Waals surface area contributed by atoms with Crippen molar-refractivity contribution in [3.05, 3.63) is 23.8 Å². The standard InChI is InChI=1S/C17H26N2O3.ClH/c1-3-10-22-15-8-7-13(11-16(15)21-4-2)17(20)19-9-5-6-14(19)12-18;/h7-8,11,14H,3-6,9-10,12,18H2,1-2H3;1H. The van der Waals surface area contributed by atoms with Crippen molar-refractivity contribution in [1.82, 2.24) is 4.90 Å². The van der Waals surface area contributed by atoms with Crippen LogP contribution in [0, 0.1) is 0 Å². The van der Waals surface area contributed by atoms with Crippen LogP contribution in [0.15, 0.2) is 18.2 Å². The highest BCUT2D eigenvalue weighted by atomic mass is 35.5. The first kappa shape index (κ1) is 19.6. The third kappa shape index (κ3) is 4.75. The fourth-order valence-electron chi connectivity index (χ4n) is 2.75. The number of amides is 1. The molecular weight excluding hydrogens is 316 g/mol. The molecule has 1 aromatic carbocycles. The van der Waals surface area contributed by atoms with Gasteiger partial charge in [-0.15, -0.1) is 12.4 Å². The fraction of sp³-hybridized carbons (Fsp3) is 0.588. The molecule has 0 saturated carbocycles. The van der Waals surface area contributed by atoms with Crippen molar-refractivity contribution < 1.29 is 14.3 Å². The van der Waals surface area contributed by atoms with Crippen molar-refractivity contribution in [2.24, 2.45) is 5.73 Å². The van der Waals surface area contributed by atoms with E-state index < -0.39 is 0 Å². The molecule has 1 saturated heterocycles. The largest absolute Gasteiger partial charge is 0.490 e. The number of hydrogen-bond acceptors (Lipinski definition) is 4. The zero-order chi connectivity index (χ0) is 15.9. The number of ether oxygens (including phenoxy) is 2. The molecule has 2 N–H and O–H groups in total. The molecular formula is C17H27ClN2O3. The van der Waals surface area contributed by atoms with E-state index in [4.69, 9.17) is 15.2 Å². The molecule has 0 radical (unpaired) electrons. The molecule has 1 aliphatic heterocycles. The van der Waals surface area contributed by atoms with Crippen molar-refractivity contribution in [3.8, 4) is 11.5 Å². The molecule has 0 spiro atoms. The number of carbonyl (C=O) groups excluding carboxylic acids is 1. The van der Waals surface area contributed by atoms with Crippen molar-refractivity contribution in [2.45, 2.75) is 39.2 Å². The lowest BCUT2D eigenvalue weighted by atomic mass is 10.1. The molecule has 130 valence electrons. The van der Waals surface area contributed by atoms with Gasteiger partial charge < -0.3 is 20.1 Å². The van der Waals surface area contributed by atoms with Crippen LogP contribution in [-0.4, -0.2) is 43.2 Å². The van der Waals surface area contributed by atoms with Crippen LogP contribution in [0.5, 0.6) is 11.5 Å². The molecule has 1 aliphatic rings. The van der Waals surface area contributed by atoms with E-state index in [2.05, 4.69) is 6.92 Å². The maximum atomic E-state index is 12.7. The number of carbonyl (C=O) groups is 1. The topological polar surface area (TPSA) is 64.8 Å². The number of likely N-dealkylation sites (tertiary alicyclic amines) is 1. The van der Waals surface area contributed by atoms with Crippen LogP contribution in [0.2, 0.25) is 0 Å². The van der Waals surface area contributed by atoms with Gasteiger partial charge in [-0.1, -0.05) is 6.92 Å². The van der Waals surface area contributed by atoms with Crippen LogP contribution in [0.1, 0.15) is 43.5 Å². The Kier molecular flexibility index (Phi) is 8.20. The smallest absolute Gasteiger partial charge is 0.254 e. The van der Waals surface area contributed by atoms with Crippen molar-refractivity contribution in [3.63, 3.8) is 0 Å². The molecule has 1 atom stereocenters. The van der Waals surface area contributed by atoms with Gasteiger partial charge in [-0.2, -0.15) is 0 Å². The van der Waals surface area contributed by atoms with Crippen LogP contribution in [-0.2, 0) is 0 Å². The Morgan fingerprint density at radius 3 is 2.74 bits per heavy atom. The zero-order valence-corrected chi connectivity index (χ0v) is 14.7. The molecule has 23 heavy (non-hydrogen) atoms. The van der Waals surface area contributed by atoms with E-state index in [0.717, 1.165) is 25.8 Å². The molecule has 2 rings (SSSR count). The molecule has 0 aliphatic carbocycles. The highest BCUT2D eigenvalue weighted by Gasteiger charge is 2.28. The van der Waals surface area contributed by atoms with Crippen molar-refractivity contribution >= 4 is 18.3 Å². The van der Waals surface area contributed by atoms with Gasteiger partial charge in [-0.3, -0.25) is 4.79 Å². The molecule has 1 unspecified atom stereocenters. The van der Waals surface area contributed by atoms with Gasteiger partial charge in [-0.25, -0.2) is 0 Å². The van der Waals surface area contributed by atoms with Gasteiger partial charge in [0.15, 0.2) is 11.5 Å². The zero-order valence-electron chi connectivity index (χ0n) is 13.9. The fourth-order valence-corrected chi connectivity index (χ4v) is 2.75. The van der Waals surface area contributed by atoms with Crippen LogP contribution >= 0.6 is 12.4 Å². The highest BCUT2D eigenvalue weighted by Crippen LogP contribution is 2.30. The molecule has 1 fully saturated rings. The van der Waals surface area contributed by atoms with Crippen LogP contribution in [0.25, 0.3) is 0 Å². The van der Waals surface area contributed by atoms with Gasteiger partial charge in [0, 0.05) is 24.7 Å². The van der Waals surface area contributed by atoms with E-state index in [-0.39, 0.29) is 24.4 Å². The summed E-state index contributed by atoms with van der Waals surface area (Å²) in [4.78, 5) is 14.5. The summed E-state index contributed by atoms with van der Waals surface area (Å²) in [6.07, 6.45) is 2.93. The average Bonchev–Trinajstić information content (AvgIpc) is 3.01. The Labute approximate surface area is 144 Å². The molecule has 5 nitrogen and oxygen atoms in total. The Hall–Kier alpha value is -1.46. The minimum absolute atomic E-state index is 0. The Bertz CT molecular complexity index is 511. The molecule has 6 heteroatoms. The number of halogens is 1. The number of rotatable bonds is 7. The predicted octanol–water partition coefficient (Wildman–Crippen LogP) is 2.86. The van der Waals surface area contributed by atoms with Gasteiger partial charge >= 0.3 is 0 Å². The summed E-state index contributed by atoms with van der Waals surface area (Å²) in [5.41, 5.74) is 6.39. The molecule has 1 heterocycles. The number of nitrogens with zero attached hydrogens (tertiary/aromatic N) is 1. The van der Waals surface area contributed by atoms with Crippen LogP contribution in [0.4, 0.5) is 0 Å². The van der Waals surface area contributed by atoms with Gasteiger partial charge in [0.05, 0.1) is 13.2 Å². The summed E-state index contributed by atoms with van der Waals surface area (Å²) >= 11 is 0. The lowest BCUT2D eigenvalue weighted by Crippen LogP contribution is -2.39. The lowest BCUT2D eigenvalue weighted by Gasteiger charge is -2.24. The SMILES string of the molecule is CCCOc1ccc(C(=O)N2CCCC2CN)cc1OCC.Cl. The predicted molar refractivity (Wildman–Crippen MR) is 93.8 cm³/mol. The number of benzene rings is 1. The molecule has 0 bridgehead atoms. The van der Waals surface area contributed by atoms with Gasteiger partial charge in [0.2, 0.25) is 0 Å². The van der Waals surface area contributed by atoms with Gasteiger partial charge in [0.1, 0.15) is 0 Å². The molecule has 0 aromatic heterocycles. The third-order valence-electron chi connectivity index (χ3n) is 3.86. The number of hydrogen-bond donors (Lipinski definition) is 1. The Balaban J connectivity index is 0.00000264. The minimum Gasteiger partial charge on any atom is -0.490 e. The first-order chi connectivity index (χ1) is 10.7. The normalized spacial score (nSPS) is 16.8. The summed E-state index contributed by atoms with van der Waals surface area (Å²) in [6.45, 7) is 6.44. The van der Waals surface area contributed by atoms with Gasteiger partial charge in [0.25, 0.3) is 5.91 Å². The quantitative estimate of drug-likeness (QED) is 0.827. The molecule has 1 amide bonds. The van der Waals surface area contributed by atoms with Crippen molar-refractivity contribution in [1.29, 1.82) is 0 Å². The van der Waals surface area contributed by atoms with E-state index in [1.54, 1.807) is 6.07 Å². The van der Waals surface area contributed by atoms with Crippen LogP contribution in [0.3, 0.4) is 0 Å². The van der Waals surface area contributed by atoms with E-state index in [1.807, 2.05) is 24.0 Å². The summed E-state index contributed by atoms with van der Waals surface area (Å²) in [6, 6.07) is 5.56. The monoisotopic (exact) mass is 342 g/mol. The summed E-state index contributed by atoms with van der Waals surface area (Å²) in [7, 11) is 0. The van der Waals surface area contributed by atoms with E-state index in [9.17, 15) is 4.79 Å². The maximum absolute atomic E-state index is 12.7. The van der Waals surface area contributed by atoms with E-state index in [1.165, 1.54) is 0 Å². The first-order valence-electron chi connectivity index (χ1n) is 8.11. The summed E-state index contributed by atoms with van der Waals surface area (Å²) in [5.74, 6) is 1.35. The number of nitrogens with two attached hydrogens (primary N) is 1. The van der Waals surface area contributed by atoms with Crippen LogP contribution < -0.4 is 15.2 Å². The second-order valence-electron chi connectivity index (χ2n) is 5.47. The van der Waals surface area contributed by atoms with Crippen molar-refractivity contribution in [2.75, 3.05) is 26.3 Å². The molecule has 1 aromatic rings. The lowest BCUT2D eigenvalue weighted by molar-refractivity contribution is 0.0740. The Morgan fingerprint density at radius 2 is 2.09 bits per heavy atom. The highest BCUT2D eigenvalue weighted by molar-refractivity contribution is 5.95. The first-order valence-corrected chi connectivity index (χ1v) is 8.11. The Morgan fingerprint density at radius 1 is 1.30 bits per heavy atom. The maximum Gasteiger partial charge on any atom is 0.254 e. The minimum atomic E-state index is 0. The third-order valence-corrected chi connectivity index (χ3v) is 3.86. The summed E-state index contributed by atoms with van der Waals surface area (Å²) in [5, 5.41) is 0. The second-order valence-corrected chi connectivity index (χ2v) is 5.47. The van der Waals surface area contributed by atoms with E-state index >= 15 is 0 Å². The summed E-state index contributed by atoms with van der Waals surface area (Å²) < 4.78 is 11.3. The second kappa shape index (κ2) is 9.63. The van der Waals surface area contributed by atoms with E-state index in [0.29, 0.717) is 36.8 Å². The average molecular weight is 343 g/mol. The van der Waals surface area contributed by atoms with Gasteiger partial charge in [-0.05, 0) is 44.4 Å².